The lowest BCUT2D eigenvalue weighted by molar-refractivity contribution is 0.0936. The molecule has 0 bridgehead atoms. The molecule has 0 saturated heterocycles. The molecule has 1 N–H and O–H groups in total. The average Bonchev–Trinajstić information content (AvgIpc) is 3.07. The van der Waals surface area contributed by atoms with Gasteiger partial charge in [-0.3, -0.25) is 14.0 Å². The van der Waals surface area contributed by atoms with Crippen molar-refractivity contribution in [2.75, 3.05) is 0 Å². The maximum atomic E-state index is 12.9. The van der Waals surface area contributed by atoms with Gasteiger partial charge in [0.25, 0.3) is 11.5 Å². The molecular weight excluding hydrogens is 358 g/mol. The molecule has 0 radical (unpaired) electrons. The van der Waals surface area contributed by atoms with Crippen LogP contribution in [-0.4, -0.2) is 21.3 Å². The molecule has 0 aliphatic heterocycles. The minimum absolute atomic E-state index is 0.0193. The Hall–Kier alpha value is -2.47. The quantitative estimate of drug-likeness (QED) is 0.737. The van der Waals surface area contributed by atoms with Crippen molar-refractivity contribution >= 4 is 22.2 Å². The highest BCUT2D eigenvalue weighted by atomic mass is 32.1. The Morgan fingerprint density at radius 1 is 1.26 bits per heavy atom. The second kappa shape index (κ2) is 7.64. The van der Waals surface area contributed by atoms with E-state index in [9.17, 15) is 9.59 Å². The van der Waals surface area contributed by atoms with Crippen LogP contribution >= 0.6 is 11.3 Å². The fraction of sp³-hybridized carbons (Fsp3) is 0.381. The van der Waals surface area contributed by atoms with E-state index >= 15 is 0 Å². The number of rotatable bonds is 5. The van der Waals surface area contributed by atoms with Crippen LogP contribution < -0.4 is 10.9 Å². The van der Waals surface area contributed by atoms with Gasteiger partial charge in [-0.1, -0.05) is 30.3 Å². The third kappa shape index (κ3) is 3.67. The topological polar surface area (TPSA) is 63.5 Å². The van der Waals surface area contributed by atoms with Crippen LogP contribution in [0.1, 0.15) is 52.7 Å². The first kappa shape index (κ1) is 17.9. The summed E-state index contributed by atoms with van der Waals surface area (Å²) < 4.78 is 1.66. The van der Waals surface area contributed by atoms with Gasteiger partial charge < -0.3 is 5.32 Å². The van der Waals surface area contributed by atoms with Crippen molar-refractivity contribution in [1.82, 2.24) is 14.7 Å². The monoisotopic (exact) mass is 381 g/mol. The predicted molar refractivity (Wildman–Crippen MR) is 108 cm³/mol. The Morgan fingerprint density at radius 2 is 2.04 bits per heavy atom. The van der Waals surface area contributed by atoms with Gasteiger partial charge in [0.2, 0.25) is 0 Å². The van der Waals surface area contributed by atoms with Crippen LogP contribution in [0, 0.1) is 0 Å². The van der Waals surface area contributed by atoms with Crippen molar-refractivity contribution < 1.29 is 4.79 Å². The molecule has 3 aromatic rings. The van der Waals surface area contributed by atoms with E-state index in [1.807, 2.05) is 25.1 Å². The van der Waals surface area contributed by atoms with Crippen LogP contribution in [0.3, 0.4) is 0 Å². The van der Waals surface area contributed by atoms with Gasteiger partial charge >= 0.3 is 0 Å². The van der Waals surface area contributed by atoms with Crippen molar-refractivity contribution in [2.45, 2.75) is 51.5 Å². The SMILES string of the molecule is C[C@@H](CCc1ccccc1)NC(=O)c1cnc2sc3c(n2c1=O)CCCC3. The summed E-state index contributed by atoms with van der Waals surface area (Å²) in [6.45, 7) is 1.97. The highest BCUT2D eigenvalue weighted by Crippen LogP contribution is 2.28. The highest BCUT2D eigenvalue weighted by Gasteiger charge is 2.22. The first-order chi connectivity index (χ1) is 13.1. The van der Waals surface area contributed by atoms with Gasteiger partial charge in [-0.2, -0.15) is 0 Å². The van der Waals surface area contributed by atoms with Gasteiger partial charge in [-0.05, 0) is 51.0 Å². The zero-order valence-corrected chi connectivity index (χ0v) is 16.2. The Balaban J connectivity index is 1.50. The lowest BCUT2D eigenvalue weighted by Gasteiger charge is -2.14. The standard InChI is InChI=1S/C21H23N3O2S/c1-14(11-12-15-7-3-2-4-8-15)23-19(25)16-13-22-21-24(20(16)26)17-9-5-6-10-18(17)27-21/h2-4,7-8,13-14H,5-6,9-12H2,1H3,(H,23,25)/t14-/m0/s1. The molecule has 1 aromatic carbocycles. The number of hydrogen-bond acceptors (Lipinski definition) is 4. The molecular formula is C21H23N3O2S. The maximum Gasteiger partial charge on any atom is 0.271 e. The van der Waals surface area contributed by atoms with E-state index in [1.54, 1.807) is 15.7 Å². The number of amides is 1. The van der Waals surface area contributed by atoms with Crippen LogP contribution in [0.2, 0.25) is 0 Å². The largest absolute Gasteiger partial charge is 0.349 e. The van der Waals surface area contributed by atoms with Crippen LogP contribution in [0.25, 0.3) is 4.96 Å². The van der Waals surface area contributed by atoms with Gasteiger partial charge in [0.05, 0.1) is 0 Å². The minimum atomic E-state index is -0.335. The summed E-state index contributed by atoms with van der Waals surface area (Å²) in [7, 11) is 0. The molecule has 6 heteroatoms. The number of aromatic nitrogens is 2. The molecule has 1 aliphatic carbocycles. The Labute approximate surface area is 162 Å². The summed E-state index contributed by atoms with van der Waals surface area (Å²) >= 11 is 1.57. The number of thiazole rings is 1. The fourth-order valence-electron chi connectivity index (χ4n) is 3.63. The second-order valence-electron chi connectivity index (χ2n) is 7.17. The van der Waals surface area contributed by atoms with Crippen LogP contribution in [0.5, 0.6) is 0 Å². The lowest BCUT2D eigenvalue weighted by atomic mass is 10.0. The second-order valence-corrected chi connectivity index (χ2v) is 8.23. The number of hydrogen-bond donors (Lipinski definition) is 1. The Morgan fingerprint density at radius 3 is 2.85 bits per heavy atom. The number of benzene rings is 1. The summed E-state index contributed by atoms with van der Waals surface area (Å²) in [5.41, 5.74) is 2.18. The van der Waals surface area contributed by atoms with Crippen molar-refractivity contribution in [3.63, 3.8) is 0 Å². The number of nitrogens with zero attached hydrogens (tertiary/aromatic N) is 2. The molecule has 4 rings (SSSR count). The van der Waals surface area contributed by atoms with E-state index in [0.29, 0.717) is 4.96 Å². The van der Waals surface area contributed by atoms with E-state index in [0.717, 1.165) is 44.2 Å². The number of nitrogens with one attached hydrogen (secondary N) is 1. The van der Waals surface area contributed by atoms with Crippen LogP contribution in [0.15, 0.2) is 41.3 Å². The molecule has 27 heavy (non-hydrogen) atoms. The smallest absolute Gasteiger partial charge is 0.271 e. The number of carbonyl (C=O) groups excluding carboxylic acids is 1. The van der Waals surface area contributed by atoms with E-state index in [1.165, 1.54) is 16.6 Å². The van der Waals surface area contributed by atoms with Gasteiger partial charge in [-0.25, -0.2) is 4.98 Å². The molecule has 1 amide bonds. The van der Waals surface area contributed by atoms with E-state index in [2.05, 4.69) is 22.4 Å². The zero-order valence-electron chi connectivity index (χ0n) is 15.4. The third-order valence-electron chi connectivity index (χ3n) is 5.13. The molecule has 0 fully saturated rings. The molecule has 140 valence electrons. The predicted octanol–water partition coefficient (Wildman–Crippen LogP) is 3.39. The number of aryl methyl sites for hydroxylation is 3. The maximum absolute atomic E-state index is 12.9. The molecule has 2 heterocycles. The third-order valence-corrected chi connectivity index (χ3v) is 6.29. The van der Waals surface area contributed by atoms with Crippen molar-refractivity contribution in [1.29, 1.82) is 0 Å². The zero-order chi connectivity index (χ0) is 18.8. The summed E-state index contributed by atoms with van der Waals surface area (Å²) in [5.74, 6) is -0.335. The Kier molecular flexibility index (Phi) is 5.07. The summed E-state index contributed by atoms with van der Waals surface area (Å²) in [6, 6.07) is 10.2. The first-order valence-corrected chi connectivity index (χ1v) is 10.3. The summed E-state index contributed by atoms with van der Waals surface area (Å²) in [4.78, 5) is 31.9. The molecule has 1 atom stereocenters. The van der Waals surface area contributed by atoms with E-state index in [-0.39, 0.29) is 23.1 Å². The van der Waals surface area contributed by atoms with Crippen molar-refractivity contribution in [3.8, 4) is 0 Å². The van der Waals surface area contributed by atoms with Crippen LogP contribution in [0.4, 0.5) is 0 Å². The lowest BCUT2D eigenvalue weighted by Crippen LogP contribution is -2.37. The number of carbonyl (C=O) groups is 1. The Bertz CT molecular complexity index is 1020. The van der Waals surface area contributed by atoms with Gasteiger partial charge in [0.15, 0.2) is 4.96 Å². The van der Waals surface area contributed by atoms with Crippen molar-refractivity contribution in [2.24, 2.45) is 0 Å². The first-order valence-electron chi connectivity index (χ1n) is 9.50. The average molecular weight is 382 g/mol. The molecule has 1 aliphatic rings. The van der Waals surface area contributed by atoms with Gasteiger partial charge in [0, 0.05) is 22.8 Å². The molecule has 5 nitrogen and oxygen atoms in total. The molecule has 0 spiro atoms. The molecule has 2 aromatic heterocycles. The minimum Gasteiger partial charge on any atom is -0.349 e. The molecule has 0 saturated carbocycles. The van der Waals surface area contributed by atoms with E-state index < -0.39 is 0 Å². The van der Waals surface area contributed by atoms with Crippen molar-refractivity contribution in [3.05, 3.63) is 68.6 Å². The summed E-state index contributed by atoms with van der Waals surface area (Å²) in [5, 5.41) is 2.96. The van der Waals surface area contributed by atoms with E-state index in [4.69, 9.17) is 0 Å². The van der Waals surface area contributed by atoms with Gasteiger partial charge in [-0.15, -0.1) is 11.3 Å². The fourth-order valence-corrected chi connectivity index (χ4v) is 4.79. The highest BCUT2D eigenvalue weighted by molar-refractivity contribution is 7.17. The van der Waals surface area contributed by atoms with Crippen LogP contribution in [-0.2, 0) is 19.3 Å². The normalized spacial score (nSPS) is 14.7. The number of fused-ring (bicyclic) bond motifs is 3. The molecule has 0 unspecified atom stereocenters. The van der Waals surface area contributed by atoms with Gasteiger partial charge in [0.1, 0.15) is 5.56 Å². The summed E-state index contributed by atoms with van der Waals surface area (Å²) in [6.07, 6.45) is 7.26.